The number of nitrogens with zero attached hydrogens (tertiary/aromatic N) is 2. The number of halogens is 2. The normalized spacial score (nSPS) is 13.1. The molecule has 0 saturated heterocycles. The van der Waals surface area contributed by atoms with Crippen LogP contribution in [0.25, 0.3) is 0 Å². The van der Waals surface area contributed by atoms with Gasteiger partial charge in [-0.25, -0.2) is 8.42 Å². The molecule has 0 aliphatic carbocycles. The Bertz CT molecular complexity index is 1100. The molecule has 0 radical (unpaired) electrons. The minimum absolute atomic E-state index is 0.0573. The molecule has 0 aromatic heterocycles. The van der Waals surface area contributed by atoms with Crippen molar-refractivity contribution < 1.29 is 18.0 Å². The third-order valence-corrected chi connectivity index (χ3v) is 7.71. The van der Waals surface area contributed by atoms with E-state index in [0.29, 0.717) is 22.7 Å². The van der Waals surface area contributed by atoms with Crippen LogP contribution in [0.5, 0.6) is 0 Å². The van der Waals surface area contributed by atoms with Crippen molar-refractivity contribution in [1.29, 1.82) is 0 Å². The maximum absolute atomic E-state index is 13.6. The van der Waals surface area contributed by atoms with Crippen LogP contribution in [0.1, 0.15) is 39.2 Å². The van der Waals surface area contributed by atoms with Crippen LogP contribution in [0.15, 0.2) is 48.5 Å². The first-order valence-electron chi connectivity index (χ1n) is 11.0. The molecule has 2 rings (SSSR count). The fourth-order valence-electron chi connectivity index (χ4n) is 3.39. The van der Waals surface area contributed by atoms with Crippen molar-refractivity contribution in [2.75, 3.05) is 17.1 Å². The molecule has 0 heterocycles. The van der Waals surface area contributed by atoms with E-state index < -0.39 is 28.5 Å². The molecule has 186 valence electrons. The van der Waals surface area contributed by atoms with E-state index in [4.69, 9.17) is 11.6 Å². The van der Waals surface area contributed by atoms with Crippen LogP contribution >= 0.6 is 34.2 Å². The lowest BCUT2D eigenvalue weighted by Crippen LogP contribution is -2.53. The first-order valence-corrected chi connectivity index (χ1v) is 14.3. The van der Waals surface area contributed by atoms with Crippen molar-refractivity contribution in [1.82, 2.24) is 10.2 Å². The minimum Gasteiger partial charge on any atom is -0.352 e. The number of hydrogen-bond donors (Lipinski definition) is 1. The highest BCUT2D eigenvalue weighted by atomic mass is 127. The predicted molar refractivity (Wildman–Crippen MR) is 145 cm³/mol. The quantitative estimate of drug-likeness (QED) is 0.377. The summed E-state index contributed by atoms with van der Waals surface area (Å²) in [5.74, 6) is -0.771. The van der Waals surface area contributed by atoms with Gasteiger partial charge in [0.25, 0.3) is 0 Å². The highest BCUT2D eigenvalue weighted by Crippen LogP contribution is 2.23. The molecule has 2 atom stereocenters. The summed E-state index contributed by atoms with van der Waals surface area (Å²) in [6.07, 6.45) is 2.17. The molecule has 10 heteroatoms. The predicted octanol–water partition coefficient (Wildman–Crippen LogP) is 4.43. The highest BCUT2D eigenvalue weighted by molar-refractivity contribution is 14.1. The summed E-state index contributed by atoms with van der Waals surface area (Å²) in [5.41, 5.74) is 1.05. The lowest BCUT2D eigenvalue weighted by molar-refractivity contribution is -0.140. The largest absolute Gasteiger partial charge is 0.352 e. The Morgan fingerprint density at radius 2 is 1.68 bits per heavy atom. The van der Waals surface area contributed by atoms with E-state index in [1.54, 1.807) is 48.5 Å². The summed E-state index contributed by atoms with van der Waals surface area (Å²) in [6.45, 7) is 5.32. The van der Waals surface area contributed by atoms with Gasteiger partial charge in [-0.3, -0.25) is 13.9 Å². The molecule has 2 aromatic carbocycles. The molecule has 0 aliphatic rings. The van der Waals surface area contributed by atoms with Crippen molar-refractivity contribution in [2.45, 2.75) is 52.2 Å². The van der Waals surface area contributed by atoms with Gasteiger partial charge in [0.05, 0.1) is 11.9 Å². The van der Waals surface area contributed by atoms with E-state index in [-0.39, 0.29) is 18.5 Å². The molecule has 0 saturated carbocycles. The number of anilines is 1. The lowest BCUT2D eigenvalue weighted by atomic mass is 10.1. The standard InChI is InChI=1S/C24H31ClIN3O4S/c1-5-17(3)27-24(31)22(6-2)28(15-18-9-7-8-10-21(18)25)23(30)16-29(34(4,32)33)20-13-11-19(26)12-14-20/h7-14,17,22H,5-6,15-16H2,1-4H3,(H,27,31)/t17-,22-/m1/s1. The molecule has 1 N–H and O–H groups in total. The number of rotatable bonds is 11. The van der Waals surface area contributed by atoms with Crippen LogP contribution in [0.3, 0.4) is 0 Å². The second kappa shape index (κ2) is 12.7. The molecule has 34 heavy (non-hydrogen) atoms. The van der Waals surface area contributed by atoms with Crippen molar-refractivity contribution in [3.05, 3.63) is 62.7 Å². The highest BCUT2D eigenvalue weighted by Gasteiger charge is 2.32. The third kappa shape index (κ3) is 7.84. The van der Waals surface area contributed by atoms with Crippen molar-refractivity contribution in [2.24, 2.45) is 0 Å². The number of carbonyl (C=O) groups excluding carboxylic acids is 2. The fraction of sp³-hybridized carbons (Fsp3) is 0.417. The van der Waals surface area contributed by atoms with Gasteiger partial charge in [0.15, 0.2) is 0 Å². The minimum atomic E-state index is -3.76. The number of benzene rings is 2. The fourth-order valence-corrected chi connectivity index (χ4v) is 4.80. The third-order valence-electron chi connectivity index (χ3n) is 5.48. The Balaban J connectivity index is 2.44. The topological polar surface area (TPSA) is 86.8 Å². The Labute approximate surface area is 221 Å². The van der Waals surface area contributed by atoms with E-state index in [1.165, 1.54) is 4.90 Å². The van der Waals surface area contributed by atoms with Crippen LogP contribution in [0, 0.1) is 3.57 Å². The summed E-state index contributed by atoms with van der Waals surface area (Å²) in [4.78, 5) is 28.1. The van der Waals surface area contributed by atoms with Crippen molar-refractivity contribution in [3.8, 4) is 0 Å². The van der Waals surface area contributed by atoms with E-state index in [1.807, 2.05) is 20.8 Å². The lowest BCUT2D eigenvalue weighted by Gasteiger charge is -2.33. The van der Waals surface area contributed by atoms with Gasteiger partial charge in [-0.2, -0.15) is 0 Å². The summed E-state index contributed by atoms with van der Waals surface area (Å²) < 4.78 is 27.2. The summed E-state index contributed by atoms with van der Waals surface area (Å²) in [7, 11) is -3.76. The van der Waals surface area contributed by atoms with Gasteiger partial charge in [-0.05, 0) is 78.3 Å². The van der Waals surface area contributed by atoms with Crippen molar-refractivity contribution >= 4 is 61.7 Å². The molecule has 0 spiro atoms. The van der Waals surface area contributed by atoms with E-state index in [0.717, 1.165) is 20.6 Å². The zero-order valence-corrected chi connectivity index (χ0v) is 23.5. The van der Waals surface area contributed by atoms with Crippen molar-refractivity contribution in [3.63, 3.8) is 0 Å². The van der Waals surface area contributed by atoms with Crippen LogP contribution in [-0.2, 0) is 26.2 Å². The first-order chi connectivity index (χ1) is 16.0. The smallest absolute Gasteiger partial charge is 0.244 e. The summed E-state index contributed by atoms with van der Waals surface area (Å²) in [5, 5.41) is 3.41. The summed E-state index contributed by atoms with van der Waals surface area (Å²) >= 11 is 8.48. The van der Waals surface area contributed by atoms with E-state index in [9.17, 15) is 18.0 Å². The van der Waals surface area contributed by atoms with E-state index >= 15 is 0 Å². The zero-order chi connectivity index (χ0) is 25.5. The van der Waals surface area contributed by atoms with Gasteiger partial charge >= 0.3 is 0 Å². The van der Waals surface area contributed by atoms with E-state index in [2.05, 4.69) is 27.9 Å². The Hall–Kier alpha value is -1.85. The molecular formula is C24H31ClIN3O4S. The van der Waals surface area contributed by atoms with Gasteiger partial charge in [0.1, 0.15) is 12.6 Å². The zero-order valence-electron chi connectivity index (χ0n) is 19.8. The molecule has 0 fully saturated rings. The Kier molecular flexibility index (Phi) is 10.6. The van der Waals surface area contributed by atoms with Crippen LogP contribution in [0.2, 0.25) is 5.02 Å². The van der Waals surface area contributed by atoms with Crippen LogP contribution in [0.4, 0.5) is 5.69 Å². The SMILES string of the molecule is CC[C@@H](C)NC(=O)[C@@H](CC)N(Cc1ccccc1Cl)C(=O)CN(c1ccc(I)cc1)S(C)(=O)=O. The molecule has 2 aromatic rings. The Morgan fingerprint density at radius 1 is 1.06 bits per heavy atom. The second-order valence-electron chi connectivity index (χ2n) is 8.10. The number of nitrogens with one attached hydrogen (secondary N) is 1. The van der Waals surface area contributed by atoms with Gasteiger partial charge in [-0.1, -0.05) is 43.6 Å². The second-order valence-corrected chi connectivity index (χ2v) is 11.7. The molecular weight excluding hydrogens is 589 g/mol. The van der Waals surface area contributed by atoms with Gasteiger partial charge in [0, 0.05) is 21.2 Å². The first kappa shape index (κ1) is 28.4. The number of amides is 2. The molecule has 2 amide bonds. The maximum atomic E-state index is 13.6. The number of sulfonamides is 1. The number of hydrogen-bond acceptors (Lipinski definition) is 4. The molecule has 0 unspecified atom stereocenters. The van der Waals surface area contributed by atoms with Crippen LogP contribution < -0.4 is 9.62 Å². The average Bonchev–Trinajstić information content (AvgIpc) is 2.78. The van der Waals surface area contributed by atoms with Gasteiger partial charge < -0.3 is 10.2 Å². The maximum Gasteiger partial charge on any atom is 0.244 e. The summed E-state index contributed by atoms with van der Waals surface area (Å²) in [6, 6.07) is 13.1. The molecule has 7 nitrogen and oxygen atoms in total. The average molecular weight is 620 g/mol. The van der Waals surface area contributed by atoms with Gasteiger partial charge in [-0.15, -0.1) is 0 Å². The monoisotopic (exact) mass is 619 g/mol. The Morgan fingerprint density at radius 3 is 2.21 bits per heavy atom. The van der Waals surface area contributed by atoms with Gasteiger partial charge in [0.2, 0.25) is 21.8 Å². The molecule has 0 bridgehead atoms. The number of carbonyl (C=O) groups is 2. The van der Waals surface area contributed by atoms with Crippen LogP contribution in [-0.4, -0.2) is 50.0 Å². The molecule has 0 aliphatic heterocycles.